The van der Waals surface area contributed by atoms with Gasteiger partial charge >= 0.3 is 0 Å². The van der Waals surface area contributed by atoms with Crippen LogP contribution in [-0.4, -0.2) is 29.7 Å². The molecule has 152 valence electrons. The van der Waals surface area contributed by atoms with E-state index in [1.54, 1.807) is 48.5 Å². The molecule has 0 saturated carbocycles. The van der Waals surface area contributed by atoms with E-state index in [9.17, 15) is 9.59 Å². The molecule has 30 heavy (non-hydrogen) atoms. The third-order valence-electron chi connectivity index (χ3n) is 4.58. The number of nitrogens with one attached hydrogen (secondary N) is 1. The van der Waals surface area contributed by atoms with Gasteiger partial charge in [0.1, 0.15) is 5.76 Å². The van der Waals surface area contributed by atoms with E-state index in [-0.39, 0.29) is 17.9 Å². The number of rotatable bonds is 6. The summed E-state index contributed by atoms with van der Waals surface area (Å²) in [6.07, 6.45) is 1.47. The molecule has 8 heteroatoms. The number of carbonyl (C=O) groups excluding carboxylic acids is 1. The molecule has 4 rings (SSSR count). The van der Waals surface area contributed by atoms with Crippen LogP contribution in [0.1, 0.15) is 16.3 Å². The van der Waals surface area contributed by atoms with E-state index in [2.05, 4.69) is 10.3 Å². The maximum absolute atomic E-state index is 12.6. The predicted octanol–water partition coefficient (Wildman–Crippen LogP) is 3.31. The number of nitrogens with zero attached hydrogens (tertiary/aromatic N) is 2. The van der Waals surface area contributed by atoms with Gasteiger partial charge in [-0.25, -0.2) is 4.98 Å². The molecule has 0 atom stereocenters. The number of ether oxygens (including phenoxy) is 2. The van der Waals surface area contributed by atoms with Crippen molar-refractivity contribution in [3.05, 3.63) is 82.8 Å². The van der Waals surface area contributed by atoms with Crippen LogP contribution in [0.4, 0.5) is 5.69 Å². The van der Waals surface area contributed by atoms with Gasteiger partial charge in [-0.1, -0.05) is 12.1 Å². The summed E-state index contributed by atoms with van der Waals surface area (Å²) >= 11 is 0. The molecule has 2 heterocycles. The Morgan fingerprint density at radius 1 is 1.07 bits per heavy atom. The highest BCUT2D eigenvalue weighted by atomic mass is 16.5. The van der Waals surface area contributed by atoms with Gasteiger partial charge in [-0.3, -0.25) is 14.2 Å². The lowest BCUT2D eigenvalue weighted by Crippen LogP contribution is -2.20. The zero-order valence-electron chi connectivity index (χ0n) is 16.4. The van der Waals surface area contributed by atoms with Gasteiger partial charge in [0.05, 0.1) is 38.0 Å². The molecule has 0 radical (unpaired) electrons. The number of benzene rings is 2. The standard InChI is InChI=1S/C22H19N3O5/c1-28-18-9-7-14(11-20(18)29-2)24-21(26)19-10-8-15(30-19)12-25-13-23-17-6-4-3-5-16(17)22(25)27/h3-11,13H,12H2,1-2H3,(H,24,26). The second kappa shape index (κ2) is 8.12. The van der Waals surface area contributed by atoms with E-state index in [4.69, 9.17) is 13.9 Å². The summed E-state index contributed by atoms with van der Waals surface area (Å²) in [5.74, 6) is 1.23. The van der Waals surface area contributed by atoms with Gasteiger partial charge in [0, 0.05) is 11.8 Å². The van der Waals surface area contributed by atoms with Gasteiger partial charge in [-0.2, -0.15) is 0 Å². The van der Waals surface area contributed by atoms with Crippen LogP contribution in [0.2, 0.25) is 0 Å². The summed E-state index contributed by atoms with van der Waals surface area (Å²) < 4.78 is 17.5. The molecule has 2 aromatic carbocycles. The zero-order valence-corrected chi connectivity index (χ0v) is 16.4. The van der Waals surface area contributed by atoms with E-state index < -0.39 is 5.91 Å². The van der Waals surface area contributed by atoms with Crippen molar-refractivity contribution in [2.45, 2.75) is 6.54 Å². The molecule has 0 aliphatic carbocycles. The molecule has 0 saturated heterocycles. The minimum atomic E-state index is -0.419. The SMILES string of the molecule is COc1ccc(NC(=O)c2ccc(Cn3cnc4ccccc4c3=O)o2)cc1OC. The Morgan fingerprint density at radius 2 is 1.87 bits per heavy atom. The minimum absolute atomic E-state index is 0.126. The Balaban J connectivity index is 1.51. The topological polar surface area (TPSA) is 95.6 Å². The van der Waals surface area contributed by atoms with Crippen LogP contribution >= 0.6 is 0 Å². The largest absolute Gasteiger partial charge is 0.493 e. The van der Waals surface area contributed by atoms with E-state index >= 15 is 0 Å². The van der Waals surface area contributed by atoms with Crippen molar-refractivity contribution in [2.24, 2.45) is 0 Å². The van der Waals surface area contributed by atoms with Gasteiger partial charge in [-0.05, 0) is 36.4 Å². The van der Waals surface area contributed by atoms with Crippen LogP contribution in [0.15, 0.2) is 70.1 Å². The van der Waals surface area contributed by atoms with E-state index in [1.807, 2.05) is 6.07 Å². The van der Waals surface area contributed by atoms with Crippen LogP contribution < -0.4 is 20.3 Å². The molecular weight excluding hydrogens is 386 g/mol. The molecule has 0 spiro atoms. The molecule has 2 aromatic heterocycles. The highest BCUT2D eigenvalue weighted by Gasteiger charge is 2.14. The Kier molecular flexibility index (Phi) is 5.21. The second-order valence-corrected chi connectivity index (χ2v) is 6.48. The Bertz CT molecular complexity index is 1280. The number of amides is 1. The van der Waals surface area contributed by atoms with Crippen molar-refractivity contribution in [3.63, 3.8) is 0 Å². The number of fused-ring (bicyclic) bond motifs is 1. The maximum Gasteiger partial charge on any atom is 0.291 e. The molecule has 0 fully saturated rings. The van der Waals surface area contributed by atoms with Crippen molar-refractivity contribution in [1.29, 1.82) is 0 Å². The lowest BCUT2D eigenvalue weighted by Gasteiger charge is -2.10. The average molecular weight is 405 g/mol. The number of anilines is 1. The third-order valence-corrected chi connectivity index (χ3v) is 4.58. The number of hydrogen-bond acceptors (Lipinski definition) is 6. The Labute approximate surface area is 171 Å². The predicted molar refractivity (Wildman–Crippen MR) is 111 cm³/mol. The fourth-order valence-electron chi connectivity index (χ4n) is 3.08. The maximum atomic E-state index is 12.6. The smallest absolute Gasteiger partial charge is 0.291 e. The van der Waals surface area contributed by atoms with Crippen LogP contribution in [0.25, 0.3) is 10.9 Å². The molecule has 8 nitrogen and oxygen atoms in total. The molecule has 0 aliphatic rings. The fraction of sp³-hybridized carbons (Fsp3) is 0.136. The first-order valence-electron chi connectivity index (χ1n) is 9.15. The summed E-state index contributed by atoms with van der Waals surface area (Å²) in [5, 5.41) is 3.27. The summed E-state index contributed by atoms with van der Waals surface area (Å²) in [6.45, 7) is 0.167. The highest BCUT2D eigenvalue weighted by molar-refractivity contribution is 6.02. The molecule has 0 unspecified atom stereocenters. The Morgan fingerprint density at radius 3 is 2.67 bits per heavy atom. The van der Waals surface area contributed by atoms with Crippen molar-refractivity contribution < 1.29 is 18.7 Å². The summed E-state index contributed by atoms with van der Waals surface area (Å²) in [5.41, 5.74) is 0.993. The zero-order chi connectivity index (χ0) is 21.1. The quantitative estimate of drug-likeness (QED) is 0.529. The van der Waals surface area contributed by atoms with Crippen molar-refractivity contribution >= 4 is 22.5 Å². The van der Waals surface area contributed by atoms with E-state index in [1.165, 1.54) is 25.1 Å². The lowest BCUT2D eigenvalue weighted by atomic mass is 10.2. The molecule has 0 bridgehead atoms. The van der Waals surface area contributed by atoms with Crippen LogP contribution in [0.5, 0.6) is 11.5 Å². The van der Waals surface area contributed by atoms with E-state index in [0.29, 0.717) is 33.8 Å². The van der Waals surface area contributed by atoms with Gasteiger partial charge in [0.25, 0.3) is 11.5 Å². The first-order valence-corrected chi connectivity index (χ1v) is 9.15. The second-order valence-electron chi connectivity index (χ2n) is 6.48. The number of hydrogen-bond donors (Lipinski definition) is 1. The van der Waals surface area contributed by atoms with Gasteiger partial charge in [-0.15, -0.1) is 0 Å². The van der Waals surface area contributed by atoms with E-state index in [0.717, 1.165) is 0 Å². The number of aromatic nitrogens is 2. The number of methoxy groups -OCH3 is 2. The molecular formula is C22H19N3O5. The number of carbonyl (C=O) groups is 1. The summed E-state index contributed by atoms with van der Waals surface area (Å²) in [4.78, 5) is 29.4. The Hall–Kier alpha value is -4.07. The summed E-state index contributed by atoms with van der Waals surface area (Å²) in [7, 11) is 3.06. The van der Waals surface area contributed by atoms with Gasteiger partial charge in [0.2, 0.25) is 0 Å². The lowest BCUT2D eigenvalue weighted by molar-refractivity contribution is 0.0994. The minimum Gasteiger partial charge on any atom is -0.493 e. The number of furan rings is 1. The first-order chi connectivity index (χ1) is 14.6. The van der Waals surface area contributed by atoms with Crippen LogP contribution in [0, 0.1) is 0 Å². The monoisotopic (exact) mass is 405 g/mol. The van der Waals surface area contributed by atoms with Crippen molar-refractivity contribution in [2.75, 3.05) is 19.5 Å². The number of para-hydroxylation sites is 1. The van der Waals surface area contributed by atoms with Crippen molar-refractivity contribution in [1.82, 2.24) is 9.55 Å². The first kappa shape index (κ1) is 19.3. The normalized spacial score (nSPS) is 10.7. The molecule has 4 aromatic rings. The van der Waals surface area contributed by atoms with Crippen molar-refractivity contribution in [3.8, 4) is 11.5 Å². The third kappa shape index (κ3) is 3.75. The van der Waals surface area contributed by atoms with Crippen LogP contribution in [0.3, 0.4) is 0 Å². The molecule has 1 N–H and O–H groups in total. The summed E-state index contributed by atoms with van der Waals surface area (Å²) in [6, 6.07) is 15.4. The molecule has 1 amide bonds. The van der Waals surface area contributed by atoms with Gasteiger partial charge in [0.15, 0.2) is 17.3 Å². The van der Waals surface area contributed by atoms with Crippen LogP contribution in [-0.2, 0) is 6.54 Å². The van der Waals surface area contributed by atoms with Gasteiger partial charge < -0.3 is 19.2 Å². The molecule has 0 aliphatic heterocycles. The fourth-order valence-corrected chi connectivity index (χ4v) is 3.08. The average Bonchev–Trinajstić information content (AvgIpc) is 3.24. The highest BCUT2D eigenvalue weighted by Crippen LogP contribution is 2.30.